The van der Waals surface area contributed by atoms with Crippen molar-refractivity contribution in [2.75, 3.05) is 19.0 Å². The second-order valence-electron chi connectivity index (χ2n) is 4.76. The normalized spacial score (nSPS) is 10.2. The fourth-order valence-corrected chi connectivity index (χ4v) is 2.77. The van der Waals surface area contributed by atoms with Gasteiger partial charge in [-0.05, 0) is 24.1 Å². The van der Waals surface area contributed by atoms with Gasteiger partial charge in [-0.3, -0.25) is 4.79 Å². The van der Waals surface area contributed by atoms with Gasteiger partial charge >= 0.3 is 0 Å². The minimum atomic E-state index is -0.0451. The van der Waals surface area contributed by atoms with Crippen LogP contribution in [0.25, 0.3) is 0 Å². The lowest BCUT2D eigenvalue weighted by Gasteiger charge is -2.01. The summed E-state index contributed by atoms with van der Waals surface area (Å²) in [6.45, 7) is 0.579. The maximum absolute atomic E-state index is 11.7. The summed E-state index contributed by atoms with van der Waals surface area (Å²) >= 11 is 1.47. The fraction of sp³-hybridized carbons (Fsp3) is 0.312. The van der Waals surface area contributed by atoms with Crippen molar-refractivity contribution in [2.24, 2.45) is 0 Å². The molecule has 0 unspecified atom stereocenters. The lowest BCUT2D eigenvalue weighted by atomic mass is 10.1. The molecule has 0 saturated heterocycles. The van der Waals surface area contributed by atoms with Gasteiger partial charge in [0.1, 0.15) is 0 Å². The Bertz CT molecular complexity index is 659. The first-order valence-corrected chi connectivity index (χ1v) is 7.75. The molecule has 5 nitrogen and oxygen atoms in total. The molecule has 1 N–H and O–H groups in total. The van der Waals surface area contributed by atoms with E-state index in [-0.39, 0.29) is 5.91 Å². The molecule has 1 heterocycles. The van der Waals surface area contributed by atoms with E-state index in [0.29, 0.717) is 30.1 Å². The molecule has 1 aromatic carbocycles. The third-order valence-electron chi connectivity index (χ3n) is 3.01. The van der Waals surface area contributed by atoms with Crippen LogP contribution in [0.5, 0.6) is 0 Å². The van der Waals surface area contributed by atoms with Gasteiger partial charge in [0, 0.05) is 37.6 Å². The Hall–Kier alpha value is -2.23. The van der Waals surface area contributed by atoms with E-state index in [0.717, 1.165) is 16.9 Å². The van der Waals surface area contributed by atoms with Crippen molar-refractivity contribution < 1.29 is 9.53 Å². The van der Waals surface area contributed by atoms with E-state index in [1.54, 1.807) is 25.4 Å². The third-order valence-corrected chi connectivity index (χ3v) is 3.93. The summed E-state index contributed by atoms with van der Waals surface area (Å²) in [5.74, 6) is -0.0451. The smallest absolute Gasteiger partial charge is 0.226 e. The summed E-state index contributed by atoms with van der Waals surface area (Å²) in [6, 6.07) is 9.56. The van der Waals surface area contributed by atoms with Crippen molar-refractivity contribution >= 4 is 22.4 Å². The highest BCUT2D eigenvalue weighted by atomic mass is 32.1. The Morgan fingerprint density at radius 2 is 2.18 bits per heavy atom. The zero-order chi connectivity index (χ0) is 15.8. The molecule has 0 fully saturated rings. The van der Waals surface area contributed by atoms with Crippen LogP contribution in [0, 0.1) is 11.3 Å². The van der Waals surface area contributed by atoms with Crippen LogP contribution in [0.3, 0.4) is 0 Å². The number of anilines is 1. The molecule has 0 radical (unpaired) electrons. The van der Waals surface area contributed by atoms with Gasteiger partial charge in [0.05, 0.1) is 11.6 Å². The van der Waals surface area contributed by atoms with E-state index < -0.39 is 0 Å². The number of amides is 1. The number of nitrogens with one attached hydrogen (secondary N) is 1. The molecule has 0 spiro atoms. The molecule has 114 valence electrons. The molecule has 1 amide bonds. The summed E-state index contributed by atoms with van der Waals surface area (Å²) in [5, 5.41) is 12.2. The van der Waals surface area contributed by atoms with Crippen LogP contribution in [0.1, 0.15) is 28.8 Å². The van der Waals surface area contributed by atoms with Crippen LogP contribution in [0.15, 0.2) is 30.5 Å². The maximum Gasteiger partial charge on any atom is 0.226 e. The van der Waals surface area contributed by atoms with E-state index in [1.807, 2.05) is 12.1 Å². The summed E-state index contributed by atoms with van der Waals surface area (Å²) in [7, 11) is 1.62. The standard InChI is InChI=1S/C16H17N3O2S/c1-21-8-2-3-15(20)19-16-18-11-14(22-16)9-12-4-6-13(10-17)7-5-12/h4-7,11H,2-3,8-9H2,1H3,(H,18,19,20). The van der Waals surface area contributed by atoms with Gasteiger partial charge in [0.25, 0.3) is 0 Å². The Morgan fingerprint density at radius 3 is 2.86 bits per heavy atom. The van der Waals surface area contributed by atoms with Gasteiger partial charge in [0.2, 0.25) is 5.91 Å². The first kappa shape index (κ1) is 16.1. The highest BCUT2D eigenvalue weighted by Crippen LogP contribution is 2.21. The number of methoxy groups -OCH3 is 1. The largest absolute Gasteiger partial charge is 0.385 e. The van der Waals surface area contributed by atoms with Crippen LogP contribution in [0.2, 0.25) is 0 Å². The first-order chi connectivity index (χ1) is 10.7. The average molecular weight is 315 g/mol. The zero-order valence-electron chi connectivity index (χ0n) is 12.3. The lowest BCUT2D eigenvalue weighted by Crippen LogP contribution is -2.11. The van der Waals surface area contributed by atoms with Gasteiger partial charge in [-0.25, -0.2) is 4.98 Å². The van der Waals surface area contributed by atoms with Crippen molar-refractivity contribution in [1.82, 2.24) is 4.98 Å². The Morgan fingerprint density at radius 1 is 1.41 bits per heavy atom. The van der Waals surface area contributed by atoms with E-state index in [9.17, 15) is 4.79 Å². The molecule has 2 rings (SSSR count). The number of hydrogen-bond acceptors (Lipinski definition) is 5. The van der Waals surface area contributed by atoms with Crippen LogP contribution >= 0.6 is 11.3 Å². The molecule has 0 aliphatic carbocycles. The summed E-state index contributed by atoms with van der Waals surface area (Å²) < 4.78 is 4.92. The molecule has 0 saturated carbocycles. The lowest BCUT2D eigenvalue weighted by molar-refractivity contribution is -0.116. The van der Waals surface area contributed by atoms with Crippen molar-refractivity contribution in [3.05, 3.63) is 46.5 Å². The number of nitrogens with zero attached hydrogens (tertiary/aromatic N) is 2. The monoisotopic (exact) mass is 315 g/mol. The van der Waals surface area contributed by atoms with Gasteiger partial charge in [-0.1, -0.05) is 12.1 Å². The molecule has 1 aromatic heterocycles. The topological polar surface area (TPSA) is 75.0 Å². The van der Waals surface area contributed by atoms with Gasteiger partial charge in [-0.15, -0.1) is 11.3 Å². The second kappa shape index (κ2) is 8.27. The van der Waals surface area contributed by atoms with Crippen LogP contribution in [-0.2, 0) is 16.0 Å². The van der Waals surface area contributed by atoms with Crippen molar-refractivity contribution in [3.63, 3.8) is 0 Å². The second-order valence-corrected chi connectivity index (χ2v) is 5.88. The van der Waals surface area contributed by atoms with Crippen LogP contribution in [-0.4, -0.2) is 24.6 Å². The molecule has 0 bridgehead atoms. The van der Waals surface area contributed by atoms with Crippen LogP contribution in [0.4, 0.5) is 5.13 Å². The summed E-state index contributed by atoms with van der Waals surface area (Å²) in [5.41, 5.74) is 1.76. The molecule has 0 atom stereocenters. The Kier molecular flexibility index (Phi) is 6.07. The molecule has 2 aromatic rings. The predicted molar refractivity (Wildman–Crippen MR) is 85.8 cm³/mol. The number of aromatic nitrogens is 1. The van der Waals surface area contributed by atoms with Gasteiger partial charge < -0.3 is 10.1 Å². The van der Waals surface area contributed by atoms with E-state index >= 15 is 0 Å². The molecular weight excluding hydrogens is 298 g/mol. The highest BCUT2D eigenvalue weighted by molar-refractivity contribution is 7.15. The third kappa shape index (κ3) is 4.95. The minimum absolute atomic E-state index is 0.0451. The summed E-state index contributed by atoms with van der Waals surface area (Å²) in [6.07, 6.45) is 3.64. The minimum Gasteiger partial charge on any atom is -0.385 e. The SMILES string of the molecule is COCCCC(=O)Nc1ncc(Cc2ccc(C#N)cc2)s1. The number of rotatable bonds is 7. The number of benzene rings is 1. The van der Waals surface area contributed by atoms with E-state index in [2.05, 4.69) is 16.4 Å². The quantitative estimate of drug-likeness (QED) is 0.797. The average Bonchev–Trinajstić information content (AvgIpc) is 2.95. The molecule has 22 heavy (non-hydrogen) atoms. The molecule has 0 aliphatic rings. The van der Waals surface area contributed by atoms with Crippen molar-refractivity contribution in [1.29, 1.82) is 5.26 Å². The van der Waals surface area contributed by atoms with Gasteiger partial charge in [0.15, 0.2) is 5.13 Å². The maximum atomic E-state index is 11.7. The zero-order valence-corrected chi connectivity index (χ0v) is 13.2. The van der Waals surface area contributed by atoms with E-state index in [1.165, 1.54) is 11.3 Å². The van der Waals surface area contributed by atoms with Crippen molar-refractivity contribution in [3.8, 4) is 6.07 Å². The summed E-state index contributed by atoms with van der Waals surface area (Å²) in [4.78, 5) is 17.0. The van der Waals surface area contributed by atoms with Crippen molar-refractivity contribution in [2.45, 2.75) is 19.3 Å². The number of carbonyl (C=O) groups is 1. The number of ether oxygens (including phenoxy) is 1. The molecule has 0 aliphatic heterocycles. The molecular formula is C16H17N3O2S. The highest BCUT2D eigenvalue weighted by Gasteiger charge is 2.07. The first-order valence-electron chi connectivity index (χ1n) is 6.94. The number of hydrogen-bond donors (Lipinski definition) is 1. The Balaban J connectivity index is 1.88. The number of thiazole rings is 1. The fourth-order valence-electron chi connectivity index (χ4n) is 1.90. The molecule has 6 heteroatoms. The number of carbonyl (C=O) groups excluding carboxylic acids is 1. The number of nitriles is 1. The van der Waals surface area contributed by atoms with Gasteiger partial charge in [-0.2, -0.15) is 5.26 Å². The Labute approximate surface area is 133 Å². The predicted octanol–water partition coefficient (Wildman–Crippen LogP) is 2.97. The van der Waals surface area contributed by atoms with E-state index in [4.69, 9.17) is 10.00 Å². The van der Waals surface area contributed by atoms with Crippen LogP contribution < -0.4 is 5.32 Å².